The van der Waals surface area contributed by atoms with Crippen molar-refractivity contribution < 1.29 is 4.39 Å². The number of aromatic nitrogens is 2. The number of fused-ring (bicyclic) bond motifs is 1. The van der Waals surface area contributed by atoms with Gasteiger partial charge in [-0.05, 0) is 38.1 Å². The standard InChI is InChI=1S/C13H11FN2S/c1-8-7-17-13-15-9(2)12(16(8)13)10-3-5-11(14)6-4-10/h3-7H,1-2H3. The summed E-state index contributed by atoms with van der Waals surface area (Å²) >= 11 is 1.62. The SMILES string of the molecule is Cc1nc2scc(C)n2c1-c1ccc(F)cc1. The molecule has 0 aliphatic rings. The molecule has 0 unspecified atom stereocenters. The van der Waals surface area contributed by atoms with Crippen LogP contribution in [0.5, 0.6) is 0 Å². The van der Waals surface area contributed by atoms with Gasteiger partial charge in [-0.3, -0.25) is 4.40 Å². The average molecular weight is 246 g/mol. The van der Waals surface area contributed by atoms with Crippen LogP contribution in [0.25, 0.3) is 16.2 Å². The Hall–Kier alpha value is -1.68. The van der Waals surface area contributed by atoms with Crippen LogP contribution in [0.2, 0.25) is 0 Å². The molecular formula is C13H11FN2S. The average Bonchev–Trinajstić information content (AvgIpc) is 2.80. The zero-order valence-electron chi connectivity index (χ0n) is 9.57. The molecule has 1 aromatic carbocycles. The van der Waals surface area contributed by atoms with Crippen LogP contribution >= 0.6 is 11.3 Å². The molecule has 4 heteroatoms. The van der Waals surface area contributed by atoms with Crippen molar-refractivity contribution in [3.8, 4) is 11.3 Å². The minimum atomic E-state index is -0.214. The van der Waals surface area contributed by atoms with Gasteiger partial charge in [0.15, 0.2) is 4.96 Å². The lowest BCUT2D eigenvalue weighted by Gasteiger charge is -2.03. The van der Waals surface area contributed by atoms with E-state index in [0.29, 0.717) is 0 Å². The topological polar surface area (TPSA) is 17.3 Å². The van der Waals surface area contributed by atoms with Crippen LogP contribution in [-0.2, 0) is 0 Å². The summed E-state index contributed by atoms with van der Waals surface area (Å²) < 4.78 is 15.1. The summed E-state index contributed by atoms with van der Waals surface area (Å²) in [6.07, 6.45) is 0. The Balaban J connectivity index is 2.32. The van der Waals surface area contributed by atoms with Crippen molar-refractivity contribution in [2.75, 3.05) is 0 Å². The van der Waals surface area contributed by atoms with Gasteiger partial charge >= 0.3 is 0 Å². The highest BCUT2D eigenvalue weighted by Crippen LogP contribution is 2.28. The fraction of sp³-hybridized carbons (Fsp3) is 0.154. The first-order valence-corrected chi connectivity index (χ1v) is 6.24. The summed E-state index contributed by atoms with van der Waals surface area (Å²) in [5.41, 5.74) is 4.19. The Morgan fingerprint density at radius 3 is 2.59 bits per heavy atom. The van der Waals surface area contributed by atoms with E-state index in [9.17, 15) is 4.39 Å². The first-order chi connectivity index (χ1) is 8.16. The van der Waals surface area contributed by atoms with Gasteiger partial charge in [-0.1, -0.05) is 0 Å². The number of thiazole rings is 1. The molecule has 2 heterocycles. The number of imidazole rings is 1. The van der Waals surface area contributed by atoms with Crippen LogP contribution in [0.4, 0.5) is 4.39 Å². The lowest BCUT2D eigenvalue weighted by atomic mass is 10.1. The molecule has 0 spiro atoms. The van der Waals surface area contributed by atoms with Gasteiger partial charge in [0, 0.05) is 16.6 Å². The maximum Gasteiger partial charge on any atom is 0.194 e. The second-order valence-corrected chi connectivity index (χ2v) is 4.88. The lowest BCUT2D eigenvalue weighted by molar-refractivity contribution is 0.628. The van der Waals surface area contributed by atoms with Crippen molar-refractivity contribution in [2.45, 2.75) is 13.8 Å². The third kappa shape index (κ3) is 1.56. The molecule has 0 saturated heterocycles. The lowest BCUT2D eigenvalue weighted by Crippen LogP contribution is -1.90. The summed E-state index contributed by atoms with van der Waals surface area (Å²) in [7, 11) is 0. The molecule has 0 fully saturated rings. The van der Waals surface area contributed by atoms with E-state index in [1.807, 2.05) is 6.92 Å². The fourth-order valence-electron chi connectivity index (χ4n) is 2.05. The normalized spacial score (nSPS) is 11.2. The molecule has 0 atom stereocenters. The first kappa shape index (κ1) is 10.5. The predicted molar refractivity (Wildman–Crippen MR) is 67.9 cm³/mol. The van der Waals surface area contributed by atoms with E-state index in [0.717, 1.165) is 27.6 Å². The molecular weight excluding hydrogens is 235 g/mol. The van der Waals surface area contributed by atoms with Crippen molar-refractivity contribution in [1.82, 2.24) is 9.38 Å². The zero-order valence-corrected chi connectivity index (χ0v) is 10.4. The third-order valence-corrected chi connectivity index (χ3v) is 3.77. The highest BCUT2D eigenvalue weighted by atomic mass is 32.1. The first-order valence-electron chi connectivity index (χ1n) is 5.36. The van der Waals surface area contributed by atoms with Crippen LogP contribution in [0, 0.1) is 19.7 Å². The van der Waals surface area contributed by atoms with Gasteiger partial charge < -0.3 is 0 Å². The Kier molecular flexibility index (Phi) is 2.26. The summed E-state index contributed by atoms with van der Waals surface area (Å²) in [4.78, 5) is 5.51. The van der Waals surface area contributed by atoms with Crippen molar-refractivity contribution in [3.05, 3.63) is 46.9 Å². The van der Waals surface area contributed by atoms with Gasteiger partial charge in [-0.15, -0.1) is 11.3 Å². The van der Waals surface area contributed by atoms with E-state index < -0.39 is 0 Å². The Morgan fingerprint density at radius 2 is 1.88 bits per heavy atom. The maximum atomic E-state index is 12.9. The maximum absolute atomic E-state index is 12.9. The molecule has 0 aliphatic heterocycles. The Bertz CT molecular complexity index is 679. The van der Waals surface area contributed by atoms with E-state index in [2.05, 4.69) is 21.7 Å². The quantitative estimate of drug-likeness (QED) is 0.638. The van der Waals surface area contributed by atoms with Gasteiger partial charge in [-0.2, -0.15) is 0 Å². The van der Waals surface area contributed by atoms with Gasteiger partial charge in [0.05, 0.1) is 11.4 Å². The van der Waals surface area contributed by atoms with Gasteiger partial charge in [0.25, 0.3) is 0 Å². The van der Waals surface area contributed by atoms with Gasteiger partial charge in [-0.25, -0.2) is 9.37 Å². The van der Waals surface area contributed by atoms with Crippen molar-refractivity contribution >= 4 is 16.3 Å². The summed E-state index contributed by atoms with van der Waals surface area (Å²) in [5, 5.41) is 2.08. The molecule has 2 aromatic heterocycles. The van der Waals surface area contributed by atoms with Gasteiger partial charge in [0.1, 0.15) is 5.82 Å². The van der Waals surface area contributed by atoms with Crippen LogP contribution in [0.15, 0.2) is 29.6 Å². The number of hydrogen-bond donors (Lipinski definition) is 0. The molecule has 3 aromatic rings. The van der Waals surface area contributed by atoms with Crippen molar-refractivity contribution in [3.63, 3.8) is 0 Å². The highest BCUT2D eigenvalue weighted by molar-refractivity contribution is 7.15. The number of halogens is 1. The van der Waals surface area contributed by atoms with E-state index in [-0.39, 0.29) is 5.82 Å². The minimum absolute atomic E-state index is 0.214. The number of aryl methyl sites for hydroxylation is 2. The molecule has 2 nitrogen and oxygen atoms in total. The van der Waals surface area contributed by atoms with Crippen LogP contribution < -0.4 is 0 Å². The molecule has 0 radical (unpaired) electrons. The Morgan fingerprint density at radius 1 is 1.18 bits per heavy atom. The molecule has 0 amide bonds. The van der Waals surface area contributed by atoms with E-state index in [1.165, 1.54) is 12.1 Å². The monoisotopic (exact) mass is 246 g/mol. The zero-order chi connectivity index (χ0) is 12.0. The second-order valence-electron chi connectivity index (χ2n) is 4.05. The number of hydrogen-bond acceptors (Lipinski definition) is 2. The van der Waals surface area contributed by atoms with Crippen LogP contribution in [0.1, 0.15) is 11.4 Å². The fourth-order valence-corrected chi connectivity index (χ4v) is 2.96. The van der Waals surface area contributed by atoms with Crippen molar-refractivity contribution in [2.24, 2.45) is 0 Å². The smallest absolute Gasteiger partial charge is 0.194 e. The van der Waals surface area contributed by atoms with Crippen molar-refractivity contribution in [1.29, 1.82) is 0 Å². The minimum Gasteiger partial charge on any atom is -0.287 e. The highest BCUT2D eigenvalue weighted by Gasteiger charge is 2.13. The largest absolute Gasteiger partial charge is 0.287 e. The summed E-state index contributed by atoms with van der Waals surface area (Å²) in [6.45, 7) is 4.04. The molecule has 0 bridgehead atoms. The molecule has 86 valence electrons. The van der Waals surface area contributed by atoms with Gasteiger partial charge in [0.2, 0.25) is 0 Å². The third-order valence-electron chi connectivity index (χ3n) is 2.83. The molecule has 0 aliphatic carbocycles. The van der Waals surface area contributed by atoms with Crippen LogP contribution in [-0.4, -0.2) is 9.38 Å². The van der Waals surface area contributed by atoms with Crippen LogP contribution in [0.3, 0.4) is 0 Å². The molecule has 3 rings (SSSR count). The predicted octanol–water partition coefficient (Wildman–Crippen LogP) is 3.82. The molecule has 17 heavy (non-hydrogen) atoms. The van der Waals surface area contributed by atoms with E-state index in [1.54, 1.807) is 23.5 Å². The van der Waals surface area contributed by atoms with E-state index >= 15 is 0 Å². The number of rotatable bonds is 1. The summed E-state index contributed by atoms with van der Waals surface area (Å²) in [5.74, 6) is -0.214. The number of nitrogens with zero attached hydrogens (tertiary/aromatic N) is 2. The molecule has 0 saturated carbocycles. The second kappa shape index (κ2) is 3.67. The summed E-state index contributed by atoms with van der Waals surface area (Å²) in [6, 6.07) is 6.55. The molecule has 0 N–H and O–H groups in total. The van der Waals surface area contributed by atoms with E-state index in [4.69, 9.17) is 0 Å². The Labute approximate surface area is 102 Å². The number of benzene rings is 1.